The highest BCUT2D eigenvalue weighted by Gasteiger charge is 2.35. The lowest BCUT2D eigenvalue weighted by Gasteiger charge is -2.17. The molecule has 0 atom stereocenters. The van der Waals surface area contributed by atoms with Crippen molar-refractivity contribution in [2.75, 3.05) is 0 Å². The monoisotopic (exact) mass is 280 g/mol. The summed E-state index contributed by atoms with van der Waals surface area (Å²) in [7, 11) is 0. The molecule has 2 N–H and O–H groups in total. The Balaban J connectivity index is 2.24. The highest BCUT2D eigenvalue weighted by Crippen LogP contribution is 2.29. The van der Waals surface area contributed by atoms with E-state index in [1.807, 2.05) is 26.0 Å². The van der Waals surface area contributed by atoms with E-state index in [9.17, 15) is 4.79 Å². The minimum absolute atomic E-state index is 0.0500. The summed E-state index contributed by atoms with van der Waals surface area (Å²) in [6.45, 7) is 6.16. The fraction of sp³-hybridized carbons (Fsp3) is 0.278. The average Bonchev–Trinajstić information content (AvgIpc) is 2.73. The van der Waals surface area contributed by atoms with E-state index in [0.717, 1.165) is 17.6 Å². The van der Waals surface area contributed by atoms with E-state index in [4.69, 9.17) is 0 Å². The Kier molecular flexibility index (Phi) is 3.30. The molecule has 0 unspecified atom stereocenters. The second-order valence-electron chi connectivity index (χ2n) is 5.98. The van der Waals surface area contributed by atoms with Crippen LogP contribution in [0.4, 0.5) is 0 Å². The molecule has 3 nitrogen and oxygen atoms in total. The maximum atomic E-state index is 12.0. The molecule has 0 bridgehead atoms. The number of nitrogens with one attached hydrogen (secondary N) is 2. The predicted octanol–water partition coefficient (Wildman–Crippen LogP) is 3.20. The van der Waals surface area contributed by atoms with Crippen molar-refractivity contribution >= 4 is 22.8 Å². The van der Waals surface area contributed by atoms with Crippen molar-refractivity contribution in [2.24, 2.45) is 0 Å². The molecule has 2 aromatic carbocycles. The number of carbonyl (C=O) groups excluding carboxylic acids is 1. The van der Waals surface area contributed by atoms with Gasteiger partial charge < -0.3 is 0 Å². The number of rotatable bonds is 2. The summed E-state index contributed by atoms with van der Waals surface area (Å²) in [6.07, 6.45) is 2.99. The van der Waals surface area contributed by atoms with Gasteiger partial charge in [-0.2, -0.15) is 0 Å². The summed E-state index contributed by atoms with van der Waals surface area (Å²) in [5.41, 5.74) is 8.54. The van der Waals surface area contributed by atoms with Gasteiger partial charge in [-0.3, -0.25) is 10.2 Å². The molecule has 21 heavy (non-hydrogen) atoms. The highest BCUT2D eigenvalue weighted by molar-refractivity contribution is 6.04. The Labute approximate surface area is 125 Å². The Bertz CT molecular complexity index is 739. The Morgan fingerprint density at radius 3 is 2.48 bits per heavy atom. The topological polar surface area (TPSA) is 41.1 Å². The third-order valence-electron chi connectivity index (χ3n) is 4.11. The quantitative estimate of drug-likeness (QED) is 0.829. The van der Waals surface area contributed by atoms with Crippen LogP contribution in [-0.4, -0.2) is 11.4 Å². The van der Waals surface area contributed by atoms with E-state index >= 15 is 0 Å². The van der Waals surface area contributed by atoms with Gasteiger partial charge in [0.2, 0.25) is 0 Å². The van der Waals surface area contributed by atoms with Crippen LogP contribution in [0.2, 0.25) is 0 Å². The zero-order chi connectivity index (χ0) is 15.0. The molecule has 1 saturated heterocycles. The summed E-state index contributed by atoms with van der Waals surface area (Å²) >= 11 is 0. The van der Waals surface area contributed by atoms with E-state index < -0.39 is 0 Å². The van der Waals surface area contributed by atoms with Gasteiger partial charge in [-0.25, -0.2) is 5.43 Å². The molecule has 0 aliphatic carbocycles. The normalized spacial score (nSPS) is 19.2. The molecular formula is C18H20N2O. The molecule has 1 fully saturated rings. The number of carbonyl (C=O) groups is 1. The van der Waals surface area contributed by atoms with Gasteiger partial charge in [0.15, 0.2) is 0 Å². The van der Waals surface area contributed by atoms with Crippen LogP contribution < -0.4 is 10.9 Å². The molecular weight excluding hydrogens is 260 g/mol. The van der Waals surface area contributed by atoms with Gasteiger partial charge in [0.25, 0.3) is 5.91 Å². The first-order chi connectivity index (χ1) is 10.0. The average molecular weight is 280 g/mol. The van der Waals surface area contributed by atoms with Gasteiger partial charge in [0, 0.05) is 5.57 Å². The maximum Gasteiger partial charge on any atom is 0.263 e. The summed E-state index contributed by atoms with van der Waals surface area (Å²) in [6, 6.07) is 12.6. The van der Waals surface area contributed by atoms with Crippen molar-refractivity contribution in [3.63, 3.8) is 0 Å². The van der Waals surface area contributed by atoms with Crippen molar-refractivity contribution < 1.29 is 4.79 Å². The van der Waals surface area contributed by atoms with Crippen molar-refractivity contribution in [3.05, 3.63) is 53.1 Å². The molecule has 0 saturated carbocycles. The molecule has 1 aliphatic rings. The van der Waals surface area contributed by atoms with Crippen LogP contribution in [0.5, 0.6) is 0 Å². The van der Waals surface area contributed by atoms with Crippen molar-refractivity contribution in [1.82, 2.24) is 10.9 Å². The van der Waals surface area contributed by atoms with Crippen molar-refractivity contribution in [1.29, 1.82) is 0 Å². The van der Waals surface area contributed by atoms with Gasteiger partial charge in [-0.15, -0.1) is 0 Å². The molecule has 1 heterocycles. The SMILES string of the molecule is CCc1cccc2cccc(/C=C3\C(=O)NNC3(C)C)c12. The van der Waals surface area contributed by atoms with Gasteiger partial charge >= 0.3 is 0 Å². The molecule has 0 spiro atoms. The van der Waals surface area contributed by atoms with Gasteiger partial charge in [-0.05, 0) is 48.2 Å². The zero-order valence-corrected chi connectivity index (χ0v) is 12.7. The molecule has 1 amide bonds. The Morgan fingerprint density at radius 2 is 1.86 bits per heavy atom. The third-order valence-corrected chi connectivity index (χ3v) is 4.11. The van der Waals surface area contributed by atoms with Gasteiger partial charge in [-0.1, -0.05) is 43.3 Å². The number of hydrazine groups is 1. The molecule has 0 radical (unpaired) electrons. The number of aryl methyl sites for hydroxylation is 1. The first-order valence-corrected chi connectivity index (χ1v) is 7.33. The first-order valence-electron chi connectivity index (χ1n) is 7.33. The van der Waals surface area contributed by atoms with Crippen LogP contribution in [0.15, 0.2) is 42.0 Å². The largest absolute Gasteiger partial charge is 0.287 e. The van der Waals surface area contributed by atoms with Crippen molar-refractivity contribution in [2.45, 2.75) is 32.7 Å². The minimum Gasteiger partial charge on any atom is -0.287 e. The molecule has 0 aromatic heterocycles. The van der Waals surface area contributed by atoms with Crippen LogP contribution in [0.25, 0.3) is 16.8 Å². The number of hydrogen-bond acceptors (Lipinski definition) is 2. The molecule has 108 valence electrons. The van der Waals surface area contributed by atoms with Crippen LogP contribution in [0.1, 0.15) is 31.9 Å². The number of benzene rings is 2. The lowest BCUT2D eigenvalue weighted by atomic mass is 9.91. The number of amides is 1. The van der Waals surface area contributed by atoms with Crippen LogP contribution in [-0.2, 0) is 11.2 Å². The van der Waals surface area contributed by atoms with Crippen LogP contribution >= 0.6 is 0 Å². The van der Waals surface area contributed by atoms with E-state index in [1.165, 1.54) is 16.3 Å². The van der Waals surface area contributed by atoms with E-state index in [0.29, 0.717) is 0 Å². The first kappa shape index (κ1) is 13.8. The lowest BCUT2D eigenvalue weighted by Crippen LogP contribution is -2.38. The van der Waals surface area contributed by atoms with Crippen molar-refractivity contribution in [3.8, 4) is 0 Å². The van der Waals surface area contributed by atoms with E-state index in [2.05, 4.69) is 48.1 Å². The Morgan fingerprint density at radius 1 is 1.14 bits per heavy atom. The number of fused-ring (bicyclic) bond motifs is 1. The standard InChI is InChI=1S/C18H20N2O/c1-4-12-7-5-8-13-9-6-10-14(16(12)13)11-15-17(21)19-20-18(15,2)3/h5-11,20H,4H2,1-3H3,(H,19,21)/b15-11+. The molecule has 3 rings (SSSR count). The Hall–Kier alpha value is -2.13. The second-order valence-corrected chi connectivity index (χ2v) is 5.98. The zero-order valence-electron chi connectivity index (χ0n) is 12.7. The third kappa shape index (κ3) is 2.34. The number of hydrogen-bond donors (Lipinski definition) is 2. The molecule has 2 aromatic rings. The maximum absolute atomic E-state index is 12.0. The minimum atomic E-state index is -0.361. The smallest absolute Gasteiger partial charge is 0.263 e. The van der Waals surface area contributed by atoms with Crippen LogP contribution in [0.3, 0.4) is 0 Å². The van der Waals surface area contributed by atoms with Gasteiger partial charge in [0.1, 0.15) is 0 Å². The highest BCUT2D eigenvalue weighted by atomic mass is 16.2. The summed E-state index contributed by atoms with van der Waals surface area (Å²) in [5, 5.41) is 2.46. The molecule has 3 heteroatoms. The van der Waals surface area contributed by atoms with Crippen LogP contribution in [0, 0.1) is 0 Å². The molecule has 1 aliphatic heterocycles. The predicted molar refractivity (Wildman–Crippen MR) is 86.7 cm³/mol. The van der Waals surface area contributed by atoms with E-state index in [-0.39, 0.29) is 11.4 Å². The summed E-state index contributed by atoms with van der Waals surface area (Å²) in [5.74, 6) is -0.0500. The fourth-order valence-electron chi connectivity index (χ4n) is 2.90. The lowest BCUT2D eigenvalue weighted by molar-refractivity contribution is -0.116. The fourth-order valence-corrected chi connectivity index (χ4v) is 2.90. The summed E-state index contributed by atoms with van der Waals surface area (Å²) < 4.78 is 0. The second kappa shape index (κ2) is 5.01. The van der Waals surface area contributed by atoms with Gasteiger partial charge in [0.05, 0.1) is 5.54 Å². The summed E-state index contributed by atoms with van der Waals surface area (Å²) in [4.78, 5) is 12.0. The van der Waals surface area contributed by atoms with E-state index in [1.54, 1.807) is 0 Å².